The number of hydrogen-bond donors (Lipinski definition) is 3. The molecule has 0 bridgehead atoms. The zero-order chi connectivity index (χ0) is 17.3. The number of nitrogens with one attached hydrogen (secondary N) is 2. The number of rotatable bonds is 5. The van der Waals surface area contributed by atoms with Gasteiger partial charge < -0.3 is 0 Å². The number of halogens is 2. The molecule has 0 aliphatic carbocycles. The van der Waals surface area contributed by atoms with Crippen LogP contribution < -0.4 is 14.6 Å². The van der Waals surface area contributed by atoms with Gasteiger partial charge in [-0.1, -0.05) is 33.6 Å². The Morgan fingerprint density at radius 1 is 0.957 bits per heavy atom. The molecule has 0 radical (unpaired) electrons. The summed E-state index contributed by atoms with van der Waals surface area (Å²) in [6.45, 7) is 0. The first-order chi connectivity index (χ1) is 10.6. The second-order valence-electron chi connectivity index (χ2n) is 4.41. The Morgan fingerprint density at radius 2 is 1.57 bits per heavy atom. The van der Waals surface area contributed by atoms with Crippen molar-refractivity contribution >= 4 is 59.1 Å². The zero-order valence-corrected chi connectivity index (χ0v) is 15.3. The normalized spacial score (nSPS) is 12.0. The topological polar surface area (TPSA) is 118 Å². The smallest absolute Gasteiger partial charge is 0.280 e. The lowest BCUT2D eigenvalue weighted by atomic mass is 10.3. The van der Waals surface area contributed by atoms with Crippen LogP contribution >= 0.6 is 27.5 Å². The third kappa shape index (κ3) is 5.08. The van der Waals surface area contributed by atoms with Crippen LogP contribution in [0.25, 0.3) is 0 Å². The predicted octanol–water partition coefficient (Wildman–Crippen LogP) is 2.52. The van der Waals surface area contributed by atoms with Crippen LogP contribution in [0.3, 0.4) is 0 Å². The Hall–Kier alpha value is -1.33. The molecule has 23 heavy (non-hydrogen) atoms. The quantitative estimate of drug-likeness (QED) is 0.662. The molecule has 0 spiro atoms. The fraction of sp³-hybridized carbons (Fsp3) is 0. The lowest BCUT2D eigenvalue weighted by Crippen LogP contribution is -2.21. The summed E-state index contributed by atoms with van der Waals surface area (Å²) in [6, 6.07) is 9.98. The second-order valence-corrected chi connectivity index (χ2v) is 8.68. The highest BCUT2D eigenvalue weighted by Crippen LogP contribution is 2.27. The molecule has 11 heteroatoms. The van der Waals surface area contributed by atoms with E-state index in [9.17, 15) is 16.8 Å². The molecule has 7 nitrogen and oxygen atoms in total. The maximum atomic E-state index is 12.4. The summed E-state index contributed by atoms with van der Waals surface area (Å²) in [7, 11) is -7.89. The van der Waals surface area contributed by atoms with E-state index in [0.29, 0.717) is 4.47 Å². The standard InChI is InChI=1S/C12H11BrClN3O4S2/c13-8-4-5-12(11(14)6-8)22(18,19)16-9-2-1-3-10(7-9)17-23(15,20)21/h1-7,16-17H,(H2,15,20,21). The van der Waals surface area contributed by atoms with Gasteiger partial charge in [0.05, 0.1) is 16.4 Å². The van der Waals surface area contributed by atoms with E-state index in [1.807, 2.05) is 4.72 Å². The first-order valence-corrected chi connectivity index (χ1v) is 10.2. The van der Waals surface area contributed by atoms with E-state index < -0.39 is 20.2 Å². The van der Waals surface area contributed by atoms with Crippen LogP contribution in [-0.4, -0.2) is 16.8 Å². The molecule has 0 aliphatic heterocycles. The maximum absolute atomic E-state index is 12.4. The van der Waals surface area contributed by atoms with Crippen molar-refractivity contribution < 1.29 is 16.8 Å². The summed E-state index contributed by atoms with van der Waals surface area (Å²) in [4.78, 5) is -0.104. The highest BCUT2D eigenvalue weighted by Gasteiger charge is 2.18. The SMILES string of the molecule is NS(=O)(=O)Nc1cccc(NS(=O)(=O)c2ccc(Br)cc2Cl)c1. The minimum absolute atomic E-state index is 0.0469. The number of sulfonamides is 1. The third-order valence-electron chi connectivity index (χ3n) is 2.56. The largest absolute Gasteiger partial charge is 0.296 e. The van der Waals surface area contributed by atoms with Crippen LogP contribution in [0.1, 0.15) is 0 Å². The van der Waals surface area contributed by atoms with E-state index in [0.717, 1.165) is 0 Å². The Labute approximate surface area is 147 Å². The molecule has 0 unspecified atom stereocenters. The van der Waals surface area contributed by atoms with E-state index in [4.69, 9.17) is 16.7 Å². The fourth-order valence-electron chi connectivity index (χ4n) is 1.71. The van der Waals surface area contributed by atoms with E-state index in [1.54, 1.807) is 6.07 Å². The molecule has 2 aromatic rings. The minimum Gasteiger partial charge on any atom is -0.280 e. The van der Waals surface area contributed by atoms with Crippen molar-refractivity contribution in [3.8, 4) is 0 Å². The van der Waals surface area contributed by atoms with Crippen molar-refractivity contribution in [2.75, 3.05) is 9.44 Å². The van der Waals surface area contributed by atoms with Gasteiger partial charge >= 0.3 is 0 Å². The molecule has 0 atom stereocenters. The Morgan fingerprint density at radius 3 is 2.13 bits per heavy atom. The fourth-order valence-corrected chi connectivity index (χ4v) is 4.26. The minimum atomic E-state index is -3.95. The van der Waals surface area contributed by atoms with Gasteiger partial charge in [-0.05, 0) is 36.4 Å². The molecule has 0 fully saturated rings. The Bertz CT molecular complexity index is 949. The van der Waals surface area contributed by atoms with Gasteiger partial charge in [0.15, 0.2) is 0 Å². The summed E-state index contributed by atoms with van der Waals surface area (Å²) < 4.78 is 51.7. The molecule has 2 rings (SSSR count). The van der Waals surface area contributed by atoms with Gasteiger partial charge in [-0.25, -0.2) is 13.6 Å². The first-order valence-electron chi connectivity index (χ1n) is 5.95. The summed E-state index contributed by atoms with van der Waals surface area (Å²) in [6.07, 6.45) is 0. The summed E-state index contributed by atoms with van der Waals surface area (Å²) >= 11 is 9.13. The Balaban J connectivity index is 2.32. The van der Waals surface area contributed by atoms with Crippen molar-refractivity contribution in [2.45, 2.75) is 4.90 Å². The Kier molecular flexibility index (Phi) is 5.21. The zero-order valence-electron chi connectivity index (χ0n) is 11.3. The van der Waals surface area contributed by atoms with Crippen LogP contribution in [0.4, 0.5) is 11.4 Å². The lowest BCUT2D eigenvalue weighted by molar-refractivity contribution is 0.600. The van der Waals surface area contributed by atoms with Crippen molar-refractivity contribution in [1.29, 1.82) is 0 Å². The number of benzene rings is 2. The van der Waals surface area contributed by atoms with E-state index in [1.165, 1.54) is 36.4 Å². The third-order valence-corrected chi connectivity index (χ3v) is 5.44. The summed E-state index contributed by atoms with van der Waals surface area (Å²) in [5.41, 5.74) is 0.271. The van der Waals surface area contributed by atoms with Crippen LogP contribution in [0, 0.1) is 0 Å². The highest BCUT2D eigenvalue weighted by atomic mass is 79.9. The van der Waals surface area contributed by atoms with Gasteiger partial charge in [0, 0.05) is 4.47 Å². The van der Waals surface area contributed by atoms with E-state index in [2.05, 4.69) is 20.7 Å². The molecule has 0 saturated carbocycles. The molecule has 124 valence electrons. The number of nitrogens with two attached hydrogens (primary N) is 1. The van der Waals surface area contributed by atoms with Gasteiger partial charge in [0.1, 0.15) is 4.90 Å². The average Bonchev–Trinajstić information content (AvgIpc) is 2.35. The molecule has 2 aromatic carbocycles. The molecule has 0 aromatic heterocycles. The van der Waals surface area contributed by atoms with E-state index in [-0.39, 0.29) is 21.3 Å². The van der Waals surface area contributed by atoms with Gasteiger partial charge in [0.25, 0.3) is 20.2 Å². The molecular formula is C12H11BrClN3O4S2. The molecule has 0 amide bonds. The monoisotopic (exact) mass is 439 g/mol. The first kappa shape index (κ1) is 18.0. The number of anilines is 2. The van der Waals surface area contributed by atoms with Crippen LogP contribution in [-0.2, 0) is 20.2 Å². The van der Waals surface area contributed by atoms with Crippen molar-refractivity contribution in [3.63, 3.8) is 0 Å². The van der Waals surface area contributed by atoms with Crippen LogP contribution in [0.2, 0.25) is 5.02 Å². The van der Waals surface area contributed by atoms with E-state index >= 15 is 0 Å². The lowest BCUT2D eigenvalue weighted by Gasteiger charge is -2.11. The predicted molar refractivity (Wildman–Crippen MR) is 93.1 cm³/mol. The molecule has 0 aliphatic rings. The average molecular weight is 441 g/mol. The van der Waals surface area contributed by atoms with Crippen molar-refractivity contribution in [1.82, 2.24) is 0 Å². The van der Waals surface area contributed by atoms with Crippen molar-refractivity contribution in [3.05, 3.63) is 52.0 Å². The van der Waals surface area contributed by atoms with Gasteiger partial charge in [-0.3, -0.25) is 9.44 Å². The van der Waals surface area contributed by atoms with Gasteiger partial charge in [-0.2, -0.15) is 8.42 Å². The molecule has 0 saturated heterocycles. The van der Waals surface area contributed by atoms with Crippen LogP contribution in [0.15, 0.2) is 51.8 Å². The summed E-state index contributed by atoms with van der Waals surface area (Å²) in [5.74, 6) is 0. The van der Waals surface area contributed by atoms with Crippen LogP contribution in [0.5, 0.6) is 0 Å². The molecular weight excluding hydrogens is 430 g/mol. The highest BCUT2D eigenvalue weighted by molar-refractivity contribution is 9.10. The van der Waals surface area contributed by atoms with Crippen molar-refractivity contribution in [2.24, 2.45) is 5.14 Å². The van der Waals surface area contributed by atoms with Gasteiger partial charge in [-0.15, -0.1) is 0 Å². The van der Waals surface area contributed by atoms with Gasteiger partial charge in [0.2, 0.25) is 0 Å². The number of hydrogen-bond acceptors (Lipinski definition) is 4. The maximum Gasteiger partial charge on any atom is 0.296 e. The summed E-state index contributed by atoms with van der Waals surface area (Å²) in [5, 5.41) is 4.92. The second kappa shape index (κ2) is 6.65. The molecule has 0 heterocycles. The molecule has 4 N–H and O–H groups in total.